The monoisotopic (exact) mass is 206 g/mol. The van der Waals surface area contributed by atoms with Gasteiger partial charge in [0.25, 0.3) is 0 Å². The minimum absolute atomic E-state index is 0.271. The van der Waals surface area contributed by atoms with Gasteiger partial charge in [0.05, 0.1) is 0 Å². The summed E-state index contributed by atoms with van der Waals surface area (Å²) >= 11 is 0. The second kappa shape index (κ2) is 3.31. The molecule has 15 heavy (non-hydrogen) atoms. The van der Waals surface area contributed by atoms with Crippen LogP contribution in [0.3, 0.4) is 0 Å². The molecule has 1 aliphatic rings. The number of halogens is 1. The van der Waals surface area contributed by atoms with E-state index in [1.54, 1.807) is 6.07 Å². The Labute approximate surface area is 86.3 Å². The van der Waals surface area contributed by atoms with E-state index in [1.807, 2.05) is 0 Å². The zero-order chi connectivity index (χ0) is 10.3. The summed E-state index contributed by atoms with van der Waals surface area (Å²) in [6.45, 7) is 1.90. The lowest BCUT2D eigenvalue weighted by molar-refractivity contribution is 0.485. The summed E-state index contributed by atoms with van der Waals surface area (Å²) in [5.74, 6) is 0.785. The summed E-state index contributed by atoms with van der Waals surface area (Å²) in [6.07, 6.45) is 1.04. The van der Waals surface area contributed by atoms with Gasteiger partial charge in [-0.25, -0.2) is 9.37 Å². The van der Waals surface area contributed by atoms with Gasteiger partial charge in [-0.2, -0.15) is 0 Å². The lowest BCUT2D eigenvalue weighted by atomic mass is 10.1. The summed E-state index contributed by atoms with van der Waals surface area (Å²) in [4.78, 5) is 4.31. The Balaban J connectivity index is 2.05. The molecule has 1 unspecified atom stereocenters. The van der Waals surface area contributed by atoms with E-state index in [-0.39, 0.29) is 5.82 Å². The molecular formula is C11H11FN2O. The van der Waals surface area contributed by atoms with E-state index in [0.29, 0.717) is 17.0 Å². The summed E-state index contributed by atoms with van der Waals surface area (Å²) in [7, 11) is 0. The van der Waals surface area contributed by atoms with E-state index in [2.05, 4.69) is 10.3 Å². The fourth-order valence-electron chi connectivity index (χ4n) is 1.96. The first-order chi connectivity index (χ1) is 7.33. The Bertz CT molecular complexity index is 488. The van der Waals surface area contributed by atoms with Crippen molar-refractivity contribution in [3.63, 3.8) is 0 Å². The molecule has 3 nitrogen and oxygen atoms in total. The van der Waals surface area contributed by atoms with Crippen molar-refractivity contribution in [2.75, 3.05) is 13.1 Å². The highest BCUT2D eigenvalue weighted by Gasteiger charge is 2.21. The van der Waals surface area contributed by atoms with Crippen LogP contribution in [0.5, 0.6) is 0 Å². The molecule has 78 valence electrons. The predicted molar refractivity (Wildman–Crippen MR) is 54.2 cm³/mol. The fraction of sp³-hybridized carbons (Fsp3) is 0.364. The topological polar surface area (TPSA) is 38.1 Å². The summed E-state index contributed by atoms with van der Waals surface area (Å²) < 4.78 is 18.5. The Morgan fingerprint density at radius 3 is 3.20 bits per heavy atom. The van der Waals surface area contributed by atoms with Crippen LogP contribution in [0.15, 0.2) is 22.6 Å². The normalized spacial score (nSPS) is 21.3. The number of benzene rings is 1. The maximum atomic E-state index is 12.9. The first-order valence-electron chi connectivity index (χ1n) is 5.09. The van der Waals surface area contributed by atoms with Gasteiger partial charge in [-0.1, -0.05) is 0 Å². The maximum absolute atomic E-state index is 12.9. The number of nitrogens with one attached hydrogen (secondary N) is 1. The molecule has 1 saturated heterocycles. The second-order valence-electron chi connectivity index (χ2n) is 3.85. The molecule has 2 heterocycles. The van der Waals surface area contributed by atoms with Crippen LogP contribution in [-0.2, 0) is 0 Å². The quantitative estimate of drug-likeness (QED) is 0.776. The van der Waals surface area contributed by atoms with Gasteiger partial charge in [0, 0.05) is 18.5 Å². The molecule has 1 aliphatic heterocycles. The fourth-order valence-corrected chi connectivity index (χ4v) is 1.96. The van der Waals surface area contributed by atoms with Gasteiger partial charge in [-0.05, 0) is 25.1 Å². The van der Waals surface area contributed by atoms with Crippen molar-refractivity contribution in [3.8, 4) is 0 Å². The average Bonchev–Trinajstić information content (AvgIpc) is 2.84. The van der Waals surface area contributed by atoms with Crippen molar-refractivity contribution in [2.24, 2.45) is 0 Å². The van der Waals surface area contributed by atoms with E-state index >= 15 is 0 Å². The van der Waals surface area contributed by atoms with Crippen LogP contribution in [0.1, 0.15) is 18.2 Å². The van der Waals surface area contributed by atoms with Crippen molar-refractivity contribution < 1.29 is 8.81 Å². The highest BCUT2D eigenvalue weighted by molar-refractivity contribution is 5.72. The number of hydrogen-bond donors (Lipinski definition) is 1. The van der Waals surface area contributed by atoms with Crippen LogP contribution >= 0.6 is 0 Å². The highest BCUT2D eigenvalue weighted by Crippen LogP contribution is 2.25. The van der Waals surface area contributed by atoms with Gasteiger partial charge in [0.1, 0.15) is 11.3 Å². The minimum Gasteiger partial charge on any atom is -0.440 e. The highest BCUT2D eigenvalue weighted by atomic mass is 19.1. The number of fused-ring (bicyclic) bond motifs is 1. The number of hydrogen-bond acceptors (Lipinski definition) is 3. The Hall–Kier alpha value is -1.42. The Kier molecular flexibility index (Phi) is 1.95. The van der Waals surface area contributed by atoms with E-state index in [0.717, 1.165) is 25.4 Å². The number of rotatable bonds is 1. The van der Waals surface area contributed by atoms with Crippen LogP contribution in [-0.4, -0.2) is 18.1 Å². The van der Waals surface area contributed by atoms with Crippen LogP contribution in [0.25, 0.3) is 11.1 Å². The molecule has 0 radical (unpaired) electrons. The smallest absolute Gasteiger partial charge is 0.199 e. The molecule has 1 atom stereocenters. The van der Waals surface area contributed by atoms with E-state index in [4.69, 9.17) is 4.42 Å². The number of nitrogens with zero attached hydrogens (tertiary/aromatic N) is 1. The van der Waals surface area contributed by atoms with Gasteiger partial charge in [-0.3, -0.25) is 0 Å². The first kappa shape index (κ1) is 8.85. The number of oxazole rings is 1. The standard InChI is InChI=1S/C11H11FN2O/c12-8-1-2-10-9(5-8)14-11(15-10)7-3-4-13-6-7/h1-2,5,7,13H,3-4,6H2. The third-order valence-corrected chi connectivity index (χ3v) is 2.78. The largest absolute Gasteiger partial charge is 0.440 e. The molecule has 1 N–H and O–H groups in total. The predicted octanol–water partition coefficient (Wildman–Crippen LogP) is 2.04. The number of aromatic nitrogens is 1. The molecule has 0 amide bonds. The molecule has 2 aromatic rings. The third kappa shape index (κ3) is 1.51. The summed E-state index contributed by atoms with van der Waals surface area (Å²) in [6, 6.07) is 4.43. The Morgan fingerprint density at radius 2 is 2.40 bits per heavy atom. The molecular weight excluding hydrogens is 195 g/mol. The van der Waals surface area contributed by atoms with Crippen molar-refractivity contribution in [3.05, 3.63) is 29.9 Å². The molecule has 0 spiro atoms. The van der Waals surface area contributed by atoms with Crippen LogP contribution in [0.4, 0.5) is 4.39 Å². The molecule has 3 rings (SSSR count). The van der Waals surface area contributed by atoms with E-state index < -0.39 is 0 Å². The summed E-state index contributed by atoms with van der Waals surface area (Å²) in [5.41, 5.74) is 1.27. The molecule has 1 aromatic heterocycles. The van der Waals surface area contributed by atoms with Crippen LogP contribution in [0.2, 0.25) is 0 Å². The molecule has 1 aromatic carbocycles. The second-order valence-corrected chi connectivity index (χ2v) is 3.85. The lowest BCUT2D eigenvalue weighted by Gasteiger charge is -1.99. The van der Waals surface area contributed by atoms with Gasteiger partial charge >= 0.3 is 0 Å². The zero-order valence-corrected chi connectivity index (χ0v) is 8.16. The van der Waals surface area contributed by atoms with E-state index in [1.165, 1.54) is 12.1 Å². The molecule has 1 fully saturated rings. The average molecular weight is 206 g/mol. The Morgan fingerprint density at radius 1 is 1.47 bits per heavy atom. The van der Waals surface area contributed by atoms with E-state index in [9.17, 15) is 4.39 Å². The van der Waals surface area contributed by atoms with Crippen molar-refractivity contribution in [1.29, 1.82) is 0 Å². The SMILES string of the molecule is Fc1ccc2oc(C3CCNC3)nc2c1. The van der Waals surface area contributed by atoms with Crippen LogP contribution < -0.4 is 5.32 Å². The van der Waals surface area contributed by atoms with Crippen molar-refractivity contribution in [1.82, 2.24) is 10.3 Å². The molecule has 4 heteroatoms. The molecule has 0 saturated carbocycles. The first-order valence-corrected chi connectivity index (χ1v) is 5.09. The zero-order valence-electron chi connectivity index (χ0n) is 8.16. The van der Waals surface area contributed by atoms with Crippen molar-refractivity contribution >= 4 is 11.1 Å². The van der Waals surface area contributed by atoms with Gasteiger partial charge in [0.2, 0.25) is 0 Å². The van der Waals surface area contributed by atoms with Gasteiger partial charge in [0.15, 0.2) is 11.5 Å². The maximum Gasteiger partial charge on any atom is 0.199 e. The molecule has 0 aliphatic carbocycles. The third-order valence-electron chi connectivity index (χ3n) is 2.78. The minimum atomic E-state index is -0.271. The van der Waals surface area contributed by atoms with Crippen molar-refractivity contribution in [2.45, 2.75) is 12.3 Å². The van der Waals surface area contributed by atoms with Gasteiger partial charge < -0.3 is 9.73 Å². The lowest BCUT2D eigenvalue weighted by Crippen LogP contribution is -2.07. The van der Waals surface area contributed by atoms with Crippen LogP contribution in [0, 0.1) is 5.82 Å². The molecule has 0 bridgehead atoms. The summed E-state index contributed by atoms with van der Waals surface area (Å²) in [5, 5.41) is 3.25. The van der Waals surface area contributed by atoms with Gasteiger partial charge in [-0.15, -0.1) is 0 Å².